The fourth-order valence-electron chi connectivity index (χ4n) is 4.15. The standard InChI is InChI=1S/C25H34N2O3/c1-18(21-11-10-20-7-5-6-8-22(20)16-21)26-25(28)17-27(2)14-13-19-9-12-23(29-3)24(15-19)30-4/h9-12,15-16,18H,5-8,13-14,17H2,1-4H3,(H,26,28)/p+1/t18-/m1/s1. The molecule has 5 heteroatoms. The number of methoxy groups -OCH3 is 2. The molecule has 1 aliphatic carbocycles. The molecule has 2 aromatic carbocycles. The topological polar surface area (TPSA) is 52.0 Å². The van der Waals surface area contributed by atoms with E-state index >= 15 is 0 Å². The molecule has 0 heterocycles. The van der Waals surface area contributed by atoms with Crippen LogP contribution in [0.3, 0.4) is 0 Å². The molecule has 1 unspecified atom stereocenters. The molecule has 1 amide bonds. The van der Waals surface area contributed by atoms with Gasteiger partial charge < -0.3 is 19.7 Å². The summed E-state index contributed by atoms with van der Waals surface area (Å²) in [7, 11) is 5.34. The van der Waals surface area contributed by atoms with Gasteiger partial charge in [0.25, 0.3) is 5.91 Å². The Morgan fingerprint density at radius 3 is 2.50 bits per heavy atom. The van der Waals surface area contributed by atoms with E-state index < -0.39 is 0 Å². The van der Waals surface area contributed by atoms with Crippen molar-refractivity contribution in [3.05, 3.63) is 58.7 Å². The maximum atomic E-state index is 12.6. The third-order valence-corrected chi connectivity index (χ3v) is 6.00. The summed E-state index contributed by atoms with van der Waals surface area (Å²) in [6.07, 6.45) is 5.78. The summed E-state index contributed by atoms with van der Waals surface area (Å²) < 4.78 is 10.7. The minimum Gasteiger partial charge on any atom is -0.493 e. The molecule has 0 fully saturated rings. The highest BCUT2D eigenvalue weighted by Gasteiger charge is 2.16. The van der Waals surface area contributed by atoms with E-state index in [9.17, 15) is 4.79 Å². The smallest absolute Gasteiger partial charge is 0.275 e. The van der Waals surface area contributed by atoms with Gasteiger partial charge in [0.05, 0.1) is 33.9 Å². The second-order valence-electron chi connectivity index (χ2n) is 8.35. The highest BCUT2D eigenvalue weighted by atomic mass is 16.5. The first-order chi connectivity index (χ1) is 14.5. The predicted octanol–water partition coefficient (Wildman–Crippen LogP) is 2.52. The van der Waals surface area contributed by atoms with E-state index in [1.807, 2.05) is 18.2 Å². The number of nitrogens with one attached hydrogen (secondary N) is 2. The van der Waals surface area contributed by atoms with E-state index in [2.05, 4.69) is 37.5 Å². The van der Waals surface area contributed by atoms with Gasteiger partial charge in [-0.25, -0.2) is 0 Å². The summed E-state index contributed by atoms with van der Waals surface area (Å²) in [5, 5.41) is 3.17. The molecule has 0 radical (unpaired) electrons. The first-order valence-corrected chi connectivity index (χ1v) is 10.9. The van der Waals surface area contributed by atoms with Crippen molar-refractivity contribution >= 4 is 5.91 Å². The first-order valence-electron chi connectivity index (χ1n) is 10.9. The quantitative estimate of drug-likeness (QED) is 0.667. The van der Waals surface area contributed by atoms with Crippen LogP contribution in [-0.4, -0.2) is 40.3 Å². The van der Waals surface area contributed by atoms with Crippen LogP contribution in [0.15, 0.2) is 36.4 Å². The van der Waals surface area contributed by atoms with E-state index in [0.717, 1.165) is 30.9 Å². The molecule has 2 atom stereocenters. The summed E-state index contributed by atoms with van der Waals surface area (Å²) in [6, 6.07) is 12.7. The Hall–Kier alpha value is -2.53. The van der Waals surface area contributed by atoms with Crippen LogP contribution < -0.4 is 19.7 Å². The second-order valence-corrected chi connectivity index (χ2v) is 8.35. The van der Waals surface area contributed by atoms with Crippen LogP contribution in [0.1, 0.15) is 48.1 Å². The lowest BCUT2D eigenvalue weighted by Gasteiger charge is -2.21. The molecule has 0 spiro atoms. The summed E-state index contributed by atoms with van der Waals surface area (Å²) in [5.74, 6) is 1.56. The lowest BCUT2D eigenvalue weighted by Crippen LogP contribution is -3.10. The van der Waals surface area contributed by atoms with E-state index in [1.54, 1.807) is 14.2 Å². The zero-order valence-electron chi connectivity index (χ0n) is 18.7. The zero-order valence-corrected chi connectivity index (χ0v) is 18.7. The van der Waals surface area contributed by atoms with Crippen molar-refractivity contribution in [2.75, 3.05) is 34.4 Å². The molecule has 5 nitrogen and oxygen atoms in total. The molecule has 162 valence electrons. The monoisotopic (exact) mass is 411 g/mol. The maximum absolute atomic E-state index is 12.6. The first kappa shape index (κ1) is 22.2. The molecule has 0 saturated heterocycles. The normalized spacial score (nSPS) is 15.1. The van der Waals surface area contributed by atoms with Gasteiger partial charge in [-0.15, -0.1) is 0 Å². The summed E-state index contributed by atoms with van der Waals surface area (Å²) in [5.41, 5.74) is 5.31. The van der Waals surface area contributed by atoms with Gasteiger partial charge in [-0.3, -0.25) is 4.79 Å². The van der Waals surface area contributed by atoms with E-state index in [0.29, 0.717) is 6.54 Å². The molecule has 2 aromatic rings. The number of hydrogen-bond acceptors (Lipinski definition) is 3. The van der Waals surface area contributed by atoms with Crippen LogP contribution in [-0.2, 0) is 24.1 Å². The van der Waals surface area contributed by atoms with Gasteiger partial charge in [0.15, 0.2) is 18.0 Å². The van der Waals surface area contributed by atoms with Crippen molar-refractivity contribution in [2.24, 2.45) is 0 Å². The number of amides is 1. The SMILES string of the molecule is COc1ccc(CC[NH+](C)CC(=O)N[C@H](C)c2ccc3c(c2)CCCC3)cc1OC. The highest BCUT2D eigenvalue weighted by Crippen LogP contribution is 2.27. The second kappa shape index (κ2) is 10.5. The van der Waals surface area contributed by atoms with Crippen molar-refractivity contribution in [2.45, 2.75) is 45.1 Å². The van der Waals surface area contributed by atoms with Crippen LogP contribution in [0.25, 0.3) is 0 Å². The number of carbonyl (C=O) groups excluding carboxylic acids is 1. The fraction of sp³-hybridized carbons (Fsp3) is 0.480. The number of ether oxygens (including phenoxy) is 2. The van der Waals surface area contributed by atoms with Crippen LogP contribution in [0, 0.1) is 0 Å². The molecule has 0 bridgehead atoms. The molecular weight excluding hydrogens is 376 g/mol. The van der Waals surface area contributed by atoms with Crippen LogP contribution in [0.5, 0.6) is 11.5 Å². The number of aryl methyl sites for hydroxylation is 2. The summed E-state index contributed by atoms with van der Waals surface area (Å²) in [6.45, 7) is 3.40. The fourth-order valence-corrected chi connectivity index (χ4v) is 4.15. The lowest BCUT2D eigenvalue weighted by atomic mass is 9.89. The number of fused-ring (bicyclic) bond motifs is 1. The molecule has 30 heavy (non-hydrogen) atoms. The molecule has 2 N–H and O–H groups in total. The Morgan fingerprint density at radius 1 is 1.03 bits per heavy atom. The van der Waals surface area contributed by atoms with E-state index in [4.69, 9.17) is 9.47 Å². The molecule has 0 aliphatic heterocycles. The van der Waals surface area contributed by atoms with Crippen molar-refractivity contribution in [3.63, 3.8) is 0 Å². The Kier molecular flexibility index (Phi) is 7.75. The number of benzene rings is 2. The average Bonchev–Trinajstić information content (AvgIpc) is 2.76. The largest absolute Gasteiger partial charge is 0.493 e. The van der Waals surface area contributed by atoms with Crippen LogP contribution in [0.4, 0.5) is 0 Å². The maximum Gasteiger partial charge on any atom is 0.275 e. The minimum absolute atomic E-state index is 0.0309. The molecule has 0 aromatic heterocycles. The lowest BCUT2D eigenvalue weighted by molar-refractivity contribution is -0.871. The number of hydrogen-bond donors (Lipinski definition) is 2. The van der Waals surface area contributed by atoms with Crippen molar-refractivity contribution in [1.29, 1.82) is 0 Å². The van der Waals surface area contributed by atoms with Gasteiger partial charge in [-0.1, -0.05) is 24.3 Å². The van der Waals surface area contributed by atoms with Crippen molar-refractivity contribution in [1.82, 2.24) is 5.32 Å². The number of quaternary nitrogens is 1. The molecule has 0 saturated carbocycles. The number of likely N-dealkylation sites (N-methyl/N-ethyl adjacent to an activating group) is 1. The molecule has 3 rings (SSSR count). The zero-order chi connectivity index (χ0) is 21.5. The molecule has 1 aliphatic rings. The third-order valence-electron chi connectivity index (χ3n) is 6.00. The van der Waals surface area contributed by atoms with Crippen LogP contribution >= 0.6 is 0 Å². The summed E-state index contributed by atoms with van der Waals surface area (Å²) >= 11 is 0. The molecular formula is C25H35N2O3+. The minimum atomic E-state index is 0.0309. The Bertz CT molecular complexity index is 865. The van der Waals surface area contributed by atoms with Crippen molar-refractivity contribution < 1.29 is 19.2 Å². The third kappa shape index (κ3) is 5.76. The van der Waals surface area contributed by atoms with Gasteiger partial charge in [-0.05, 0) is 67.0 Å². The van der Waals surface area contributed by atoms with Gasteiger partial charge in [0.1, 0.15) is 0 Å². The Labute approximate surface area is 180 Å². The van der Waals surface area contributed by atoms with E-state index in [-0.39, 0.29) is 11.9 Å². The van der Waals surface area contributed by atoms with Crippen molar-refractivity contribution in [3.8, 4) is 11.5 Å². The van der Waals surface area contributed by atoms with Gasteiger partial charge >= 0.3 is 0 Å². The van der Waals surface area contributed by atoms with Gasteiger partial charge in [-0.2, -0.15) is 0 Å². The van der Waals surface area contributed by atoms with Gasteiger partial charge in [0, 0.05) is 6.42 Å². The van der Waals surface area contributed by atoms with E-state index in [1.165, 1.54) is 46.4 Å². The van der Waals surface area contributed by atoms with Crippen LogP contribution in [0.2, 0.25) is 0 Å². The summed E-state index contributed by atoms with van der Waals surface area (Å²) in [4.78, 5) is 13.7. The number of rotatable bonds is 9. The average molecular weight is 412 g/mol. The Morgan fingerprint density at radius 2 is 1.77 bits per heavy atom. The Balaban J connectivity index is 1.48. The highest BCUT2D eigenvalue weighted by molar-refractivity contribution is 5.77. The number of carbonyl (C=O) groups is 1. The predicted molar refractivity (Wildman–Crippen MR) is 120 cm³/mol. The van der Waals surface area contributed by atoms with Gasteiger partial charge in [0.2, 0.25) is 0 Å².